The molecule has 1 unspecified atom stereocenters. The molecule has 0 spiro atoms. The van der Waals surface area contributed by atoms with Crippen LogP contribution in [0.2, 0.25) is 0 Å². The predicted octanol–water partition coefficient (Wildman–Crippen LogP) is 3.02. The third-order valence-corrected chi connectivity index (χ3v) is 5.74. The first-order chi connectivity index (χ1) is 10.7. The van der Waals surface area contributed by atoms with Crippen LogP contribution in [-0.2, 0) is 16.1 Å². The van der Waals surface area contributed by atoms with E-state index in [-0.39, 0.29) is 5.91 Å². The fourth-order valence-electron chi connectivity index (χ4n) is 2.73. The van der Waals surface area contributed by atoms with Gasteiger partial charge in [0.2, 0.25) is 5.91 Å². The average molecular weight is 335 g/mol. The Balaban J connectivity index is 2.12. The van der Waals surface area contributed by atoms with Crippen molar-refractivity contribution in [3.63, 3.8) is 0 Å². The van der Waals surface area contributed by atoms with E-state index in [1.54, 1.807) is 37.3 Å². The Labute approximate surface area is 137 Å². The molecule has 1 aliphatic heterocycles. The number of amides is 1. The van der Waals surface area contributed by atoms with Crippen molar-refractivity contribution in [3.8, 4) is 11.5 Å². The zero-order chi connectivity index (χ0) is 15.6. The van der Waals surface area contributed by atoms with E-state index in [9.17, 15) is 4.79 Å². The van der Waals surface area contributed by atoms with Crippen molar-refractivity contribution in [1.29, 1.82) is 0 Å². The molecule has 0 radical (unpaired) electrons. The SMILES string of the molecule is COc1cccc(OC)c1C1(Cc2ccsc2)NC(=O)CS1. The summed E-state index contributed by atoms with van der Waals surface area (Å²) in [7, 11) is 3.27. The molecule has 1 atom stereocenters. The van der Waals surface area contributed by atoms with Gasteiger partial charge in [-0.1, -0.05) is 6.07 Å². The molecule has 2 heterocycles. The molecule has 1 N–H and O–H groups in total. The van der Waals surface area contributed by atoms with Gasteiger partial charge in [-0.05, 0) is 34.5 Å². The summed E-state index contributed by atoms with van der Waals surface area (Å²) >= 11 is 3.25. The van der Waals surface area contributed by atoms with E-state index >= 15 is 0 Å². The van der Waals surface area contributed by atoms with Crippen LogP contribution in [0.15, 0.2) is 35.0 Å². The highest BCUT2D eigenvalue weighted by atomic mass is 32.2. The van der Waals surface area contributed by atoms with Crippen LogP contribution in [0, 0.1) is 0 Å². The Bertz CT molecular complexity index is 650. The summed E-state index contributed by atoms with van der Waals surface area (Å²) in [4.78, 5) is 11.4. The molecule has 1 aliphatic rings. The number of nitrogens with one attached hydrogen (secondary N) is 1. The van der Waals surface area contributed by atoms with Crippen molar-refractivity contribution in [3.05, 3.63) is 46.2 Å². The molecular weight excluding hydrogens is 318 g/mol. The van der Waals surface area contributed by atoms with Gasteiger partial charge < -0.3 is 14.8 Å². The lowest BCUT2D eigenvalue weighted by atomic mass is 9.97. The minimum absolute atomic E-state index is 0.0354. The summed E-state index contributed by atoms with van der Waals surface area (Å²) in [5, 5.41) is 7.29. The Morgan fingerprint density at radius 2 is 1.95 bits per heavy atom. The van der Waals surface area contributed by atoms with Gasteiger partial charge in [0.15, 0.2) is 0 Å². The Morgan fingerprint density at radius 1 is 1.23 bits per heavy atom. The van der Waals surface area contributed by atoms with Gasteiger partial charge >= 0.3 is 0 Å². The number of thioether (sulfide) groups is 1. The van der Waals surface area contributed by atoms with Crippen molar-refractivity contribution in [2.45, 2.75) is 11.3 Å². The van der Waals surface area contributed by atoms with Gasteiger partial charge in [0, 0.05) is 6.42 Å². The number of benzene rings is 1. The molecule has 0 saturated carbocycles. The zero-order valence-electron chi connectivity index (χ0n) is 12.4. The van der Waals surface area contributed by atoms with Gasteiger partial charge in [-0.15, -0.1) is 11.8 Å². The first-order valence-electron chi connectivity index (χ1n) is 6.86. The normalized spacial score (nSPS) is 20.7. The Kier molecular flexibility index (Phi) is 4.31. The van der Waals surface area contributed by atoms with E-state index < -0.39 is 4.87 Å². The monoisotopic (exact) mass is 335 g/mol. The molecule has 1 fully saturated rings. The quantitative estimate of drug-likeness (QED) is 0.912. The van der Waals surface area contributed by atoms with Gasteiger partial charge in [0.1, 0.15) is 16.4 Å². The van der Waals surface area contributed by atoms with Crippen LogP contribution >= 0.6 is 23.1 Å². The predicted molar refractivity (Wildman–Crippen MR) is 89.8 cm³/mol. The highest BCUT2D eigenvalue weighted by Crippen LogP contribution is 2.48. The lowest BCUT2D eigenvalue weighted by Crippen LogP contribution is -2.39. The number of thiophene rings is 1. The van der Waals surface area contributed by atoms with Gasteiger partial charge in [0.25, 0.3) is 0 Å². The standard InChI is InChI=1S/C16H17NO3S2/c1-19-12-4-3-5-13(20-2)15(12)16(17-14(18)10-22-16)8-11-6-7-21-9-11/h3-7,9H,8,10H2,1-2H3,(H,17,18). The summed E-state index contributed by atoms with van der Waals surface area (Å²) in [6.45, 7) is 0. The average Bonchev–Trinajstić information content (AvgIpc) is 3.17. The number of carbonyl (C=O) groups is 1. The van der Waals surface area contributed by atoms with Crippen molar-refractivity contribution >= 4 is 29.0 Å². The number of ether oxygens (including phenoxy) is 2. The third-order valence-electron chi connectivity index (χ3n) is 3.66. The smallest absolute Gasteiger partial charge is 0.231 e. The molecule has 0 aliphatic carbocycles. The Hall–Kier alpha value is -1.66. The van der Waals surface area contributed by atoms with Crippen LogP contribution < -0.4 is 14.8 Å². The highest BCUT2D eigenvalue weighted by molar-refractivity contribution is 8.01. The Morgan fingerprint density at radius 3 is 2.45 bits per heavy atom. The van der Waals surface area contributed by atoms with Crippen molar-refractivity contribution < 1.29 is 14.3 Å². The topological polar surface area (TPSA) is 47.6 Å². The maximum Gasteiger partial charge on any atom is 0.231 e. The maximum atomic E-state index is 11.9. The minimum atomic E-state index is -0.559. The highest BCUT2D eigenvalue weighted by Gasteiger charge is 2.44. The fraction of sp³-hybridized carbons (Fsp3) is 0.312. The van der Waals surface area contributed by atoms with Crippen molar-refractivity contribution in [1.82, 2.24) is 5.32 Å². The van der Waals surface area contributed by atoms with E-state index in [4.69, 9.17) is 9.47 Å². The van der Waals surface area contributed by atoms with Gasteiger partial charge in [0.05, 0.1) is 25.5 Å². The molecule has 0 bridgehead atoms. The summed E-state index contributed by atoms with van der Waals surface area (Å²) in [5.41, 5.74) is 2.08. The molecule has 3 rings (SSSR count). The molecule has 4 nitrogen and oxygen atoms in total. The van der Waals surface area contributed by atoms with Gasteiger partial charge in [-0.2, -0.15) is 11.3 Å². The maximum absolute atomic E-state index is 11.9. The lowest BCUT2D eigenvalue weighted by Gasteiger charge is -2.31. The first kappa shape index (κ1) is 15.2. The minimum Gasteiger partial charge on any atom is -0.496 e. The summed E-state index contributed by atoms with van der Waals surface area (Å²) < 4.78 is 11.1. The second-order valence-electron chi connectivity index (χ2n) is 5.01. The second kappa shape index (κ2) is 6.22. The largest absolute Gasteiger partial charge is 0.496 e. The number of rotatable bonds is 5. The number of methoxy groups -OCH3 is 2. The zero-order valence-corrected chi connectivity index (χ0v) is 14.1. The summed E-state index contributed by atoms with van der Waals surface area (Å²) in [6.07, 6.45) is 0.698. The molecule has 116 valence electrons. The number of hydrogen-bond acceptors (Lipinski definition) is 5. The molecule has 2 aromatic rings. The van der Waals surface area contributed by atoms with E-state index in [1.165, 1.54) is 5.56 Å². The molecule has 1 saturated heterocycles. The summed E-state index contributed by atoms with van der Waals surface area (Å²) in [6, 6.07) is 7.77. The van der Waals surface area contributed by atoms with E-state index in [0.29, 0.717) is 12.2 Å². The fourth-order valence-corrected chi connectivity index (χ4v) is 4.65. The van der Waals surface area contributed by atoms with Crippen LogP contribution in [0.3, 0.4) is 0 Å². The third kappa shape index (κ3) is 2.68. The van der Waals surface area contributed by atoms with Gasteiger partial charge in [-0.3, -0.25) is 4.79 Å². The van der Waals surface area contributed by atoms with E-state index in [1.807, 2.05) is 23.6 Å². The van der Waals surface area contributed by atoms with Crippen LogP contribution in [0.5, 0.6) is 11.5 Å². The van der Waals surface area contributed by atoms with Crippen LogP contribution in [0.25, 0.3) is 0 Å². The van der Waals surface area contributed by atoms with Crippen molar-refractivity contribution in [2.24, 2.45) is 0 Å². The number of hydrogen-bond donors (Lipinski definition) is 1. The molecule has 6 heteroatoms. The molecule has 1 amide bonds. The van der Waals surface area contributed by atoms with Gasteiger partial charge in [-0.25, -0.2) is 0 Å². The van der Waals surface area contributed by atoms with Crippen LogP contribution in [-0.4, -0.2) is 25.9 Å². The van der Waals surface area contributed by atoms with E-state index in [0.717, 1.165) is 17.1 Å². The van der Waals surface area contributed by atoms with Crippen LogP contribution in [0.4, 0.5) is 0 Å². The lowest BCUT2D eigenvalue weighted by molar-refractivity contribution is -0.118. The van der Waals surface area contributed by atoms with Crippen LogP contribution in [0.1, 0.15) is 11.1 Å². The summed E-state index contributed by atoms with van der Waals surface area (Å²) in [5.74, 6) is 1.92. The second-order valence-corrected chi connectivity index (χ2v) is 7.06. The molecule has 22 heavy (non-hydrogen) atoms. The van der Waals surface area contributed by atoms with E-state index in [2.05, 4.69) is 16.8 Å². The van der Waals surface area contributed by atoms with Crippen molar-refractivity contribution in [2.75, 3.05) is 20.0 Å². The number of carbonyl (C=O) groups excluding carboxylic acids is 1. The molecular formula is C16H17NO3S2. The first-order valence-corrected chi connectivity index (χ1v) is 8.79. The molecule has 1 aromatic heterocycles. The molecule has 1 aromatic carbocycles.